The van der Waals surface area contributed by atoms with Crippen molar-refractivity contribution in [2.24, 2.45) is 0 Å². The van der Waals surface area contributed by atoms with E-state index >= 15 is 0 Å². The fourth-order valence-corrected chi connectivity index (χ4v) is 2.81. The summed E-state index contributed by atoms with van der Waals surface area (Å²) in [7, 11) is -1.10. The van der Waals surface area contributed by atoms with Crippen LogP contribution in [0.3, 0.4) is 0 Å². The average molecular weight is 257 g/mol. The molecule has 1 aromatic carbocycles. The van der Waals surface area contributed by atoms with Gasteiger partial charge in [0.1, 0.15) is 5.82 Å². The molecule has 0 aliphatic rings. The predicted octanol–water partition coefficient (Wildman–Crippen LogP) is 2.71. The van der Waals surface area contributed by atoms with Crippen molar-refractivity contribution in [2.75, 3.05) is 6.54 Å². The van der Waals surface area contributed by atoms with Crippen molar-refractivity contribution in [1.29, 1.82) is 0 Å². The second-order valence-corrected chi connectivity index (χ2v) is 6.01. The Bertz CT molecular complexity index is 366. The molecule has 0 bridgehead atoms. The van der Waals surface area contributed by atoms with Crippen LogP contribution in [0, 0.1) is 5.82 Å². The van der Waals surface area contributed by atoms with Crippen molar-refractivity contribution < 1.29 is 8.60 Å². The molecule has 3 unspecified atom stereocenters. The zero-order valence-electron chi connectivity index (χ0n) is 10.6. The summed E-state index contributed by atoms with van der Waals surface area (Å²) in [5.41, 5.74) is 0. The third-order valence-corrected chi connectivity index (χ3v) is 4.62. The lowest BCUT2D eigenvalue weighted by molar-refractivity contribution is 0.531. The van der Waals surface area contributed by atoms with Crippen LogP contribution in [0.25, 0.3) is 0 Å². The van der Waals surface area contributed by atoms with Crippen LogP contribution in [0.4, 0.5) is 4.39 Å². The van der Waals surface area contributed by atoms with Gasteiger partial charge in [0, 0.05) is 10.9 Å². The van der Waals surface area contributed by atoms with Crippen molar-refractivity contribution in [1.82, 2.24) is 5.32 Å². The molecule has 0 heterocycles. The third-order valence-electron chi connectivity index (χ3n) is 2.80. The zero-order valence-corrected chi connectivity index (χ0v) is 11.4. The van der Waals surface area contributed by atoms with Crippen LogP contribution >= 0.6 is 0 Å². The highest BCUT2D eigenvalue weighted by Crippen LogP contribution is 2.14. The Balaban J connectivity index is 2.65. The van der Waals surface area contributed by atoms with Gasteiger partial charge in [-0.2, -0.15) is 0 Å². The summed E-state index contributed by atoms with van der Waals surface area (Å²) in [4.78, 5) is 0.684. The number of benzene rings is 1. The van der Waals surface area contributed by atoms with Crippen molar-refractivity contribution in [2.45, 2.75) is 43.4 Å². The molecule has 17 heavy (non-hydrogen) atoms. The van der Waals surface area contributed by atoms with Crippen LogP contribution in [-0.4, -0.2) is 22.0 Å². The molecule has 0 radical (unpaired) electrons. The molecule has 1 rings (SSSR count). The maximum absolute atomic E-state index is 12.8. The summed E-state index contributed by atoms with van der Waals surface area (Å²) >= 11 is 0. The Morgan fingerprint density at radius 3 is 2.41 bits per heavy atom. The summed E-state index contributed by atoms with van der Waals surface area (Å²) in [6, 6.07) is 6.07. The minimum atomic E-state index is -1.10. The minimum absolute atomic E-state index is 0.00649. The van der Waals surface area contributed by atoms with Gasteiger partial charge in [0.15, 0.2) is 0 Å². The van der Waals surface area contributed by atoms with E-state index in [1.165, 1.54) is 12.1 Å². The normalized spacial score (nSPS) is 16.5. The molecule has 4 heteroatoms. The van der Waals surface area contributed by atoms with Crippen LogP contribution in [0.2, 0.25) is 0 Å². The molecule has 0 aliphatic heterocycles. The molecule has 0 spiro atoms. The van der Waals surface area contributed by atoms with Gasteiger partial charge in [-0.05, 0) is 51.1 Å². The molecular weight excluding hydrogens is 237 g/mol. The van der Waals surface area contributed by atoms with E-state index in [4.69, 9.17) is 0 Å². The second-order valence-electron chi connectivity index (χ2n) is 4.20. The van der Waals surface area contributed by atoms with Crippen LogP contribution in [-0.2, 0) is 10.8 Å². The molecule has 0 aliphatic carbocycles. The lowest BCUT2D eigenvalue weighted by Crippen LogP contribution is -2.38. The van der Waals surface area contributed by atoms with Crippen molar-refractivity contribution in [3.63, 3.8) is 0 Å². The molecule has 0 saturated carbocycles. The van der Waals surface area contributed by atoms with E-state index in [0.717, 1.165) is 13.0 Å². The van der Waals surface area contributed by atoms with E-state index in [1.807, 2.05) is 13.8 Å². The number of hydrogen-bond donors (Lipinski definition) is 1. The Morgan fingerprint density at radius 2 is 1.88 bits per heavy atom. The summed E-state index contributed by atoms with van der Waals surface area (Å²) in [6.07, 6.45) is 1.06. The number of hydrogen-bond acceptors (Lipinski definition) is 2. The smallest absolute Gasteiger partial charge is 0.123 e. The first kappa shape index (κ1) is 14.3. The van der Waals surface area contributed by atoms with Gasteiger partial charge in [0.25, 0.3) is 0 Å². The molecular formula is C13H20FNOS. The van der Waals surface area contributed by atoms with Gasteiger partial charge in [0.2, 0.25) is 0 Å². The fraction of sp³-hybridized carbons (Fsp3) is 0.538. The second kappa shape index (κ2) is 6.87. The lowest BCUT2D eigenvalue weighted by atomic mass is 10.2. The summed E-state index contributed by atoms with van der Waals surface area (Å²) in [5, 5.41) is 3.33. The molecule has 2 nitrogen and oxygen atoms in total. The van der Waals surface area contributed by atoms with Crippen molar-refractivity contribution in [3.05, 3.63) is 30.1 Å². The Morgan fingerprint density at radius 1 is 1.29 bits per heavy atom. The monoisotopic (exact) mass is 257 g/mol. The zero-order chi connectivity index (χ0) is 12.8. The van der Waals surface area contributed by atoms with E-state index in [-0.39, 0.29) is 17.1 Å². The molecule has 0 aromatic heterocycles. The molecule has 1 N–H and O–H groups in total. The lowest BCUT2D eigenvalue weighted by Gasteiger charge is -2.20. The summed E-state index contributed by atoms with van der Waals surface area (Å²) < 4.78 is 25.0. The minimum Gasteiger partial charge on any atom is -0.313 e. The fourth-order valence-electron chi connectivity index (χ4n) is 1.51. The quantitative estimate of drug-likeness (QED) is 0.849. The van der Waals surface area contributed by atoms with Crippen molar-refractivity contribution in [3.8, 4) is 0 Å². The number of halogens is 1. The van der Waals surface area contributed by atoms with Gasteiger partial charge in [-0.25, -0.2) is 4.39 Å². The van der Waals surface area contributed by atoms with Gasteiger partial charge < -0.3 is 5.32 Å². The molecule has 0 saturated heterocycles. The average Bonchev–Trinajstić information content (AvgIpc) is 2.35. The summed E-state index contributed by atoms with van der Waals surface area (Å²) in [6.45, 7) is 7.00. The number of nitrogens with one attached hydrogen (secondary N) is 1. The maximum Gasteiger partial charge on any atom is 0.123 e. The van der Waals surface area contributed by atoms with Crippen LogP contribution in [0.1, 0.15) is 27.2 Å². The highest BCUT2D eigenvalue weighted by Gasteiger charge is 2.19. The Kier molecular flexibility index (Phi) is 5.78. The molecule has 1 aromatic rings. The first-order valence-corrected chi connectivity index (χ1v) is 7.17. The van der Waals surface area contributed by atoms with Gasteiger partial charge in [-0.15, -0.1) is 0 Å². The van der Waals surface area contributed by atoms with Crippen molar-refractivity contribution >= 4 is 10.8 Å². The van der Waals surface area contributed by atoms with E-state index in [0.29, 0.717) is 4.90 Å². The Labute approximate surface area is 105 Å². The van der Waals surface area contributed by atoms with Gasteiger partial charge in [-0.3, -0.25) is 4.21 Å². The predicted molar refractivity (Wildman–Crippen MR) is 70.0 cm³/mol. The molecule has 0 fully saturated rings. The van der Waals surface area contributed by atoms with Crippen LogP contribution in [0.15, 0.2) is 29.2 Å². The first-order valence-electron chi connectivity index (χ1n) is 5.95. The standard InChI is InChI=1S/C13H20FNOS/c1-4-9-15-10(2)11(3)17(16)13-7-5-12(14)6-8-13/h5-8,10-11,15H,4,9H2,1-3H3. The Hall–Kier alpha value is -0.740. The maximum atomic E-state index is 12.8. The molecule has 96 valence electrons. The first-order chi connectivity index (χ1) is 8.06. The molecule has 0 amide bonds. The van der Waals surface area contributed by atoms with Crippen LogP contribution in [0.5, 0.6) is 0 Å². The highest BCUT2D eigenvalue weighted by atomic mass is 32.2. The highest BCUT2D eigenvalue weighted by molar-refractivity contribution is 7.85. The van der Waals surface area contributed by atoms with Gasteiger partial charge in [-0.1, -0.05) is 6.92 Å². The molecule has 3 atom stereocenters. The van der Waals surface area contributed by atoms with E-state index in [9.17, 15) is 8.60 Å². The number of rotatable bonds is 6. The summed E-state index contributed by atoms with van der Waals surface area (Å²) in [5.74, 6) is -0.296. The van der Waals surface area contributed by atoms with E-state index < -0.39 is 10.8 Å². The van der Waals surface area contributed by atoms with E-state index in [1.54, 1.807) is 12.1 Å². The topological polar surface area (TPSA) is 29.1 Å². The largest absolute Gasteiger partial charge is 0.313 e. The third kappa shape index (κ3) is 4.21. The van der Waals surface area contributed by atoms with Gasteiger partial charge in [0.05, 0.1) is 16.0 Å². The van der Waals surface area contributed by atoms with Crippen LogP contribution < -0.4 is 5.32 Å². The van der Waals surface area contributed by atoms with Gasteiger partial charge >= 0.3 is 0 Å². The SMILES string of the molecule is CCCNC(C)C(C)S(=O)c1ccc(F)cc1. The van der Waals surface area contributed by atoms with E-state index in [2.05, 4.69) is 12.2 Å².